The molecular formula is C13H20N4O. The summed E-state index contributed by atoms with van der Waals surface area (Å²) in [6, 6.07) is 7.48. The highest BCUT2D eigenvalue weighted by molar-refractivity contribution is 5.96. The second-order valence-electron chi connectivity index (χ2n) is 3.77. The zero-order valence-corrected chi connectivity index (χ0v) is 10.6. The van der Waals surface area contributed by atoms with E-state index in [1.165, 1.54) is 0 Å². The van der Waals surface area contributed by atoms with Crippen molar-refractivity contribution in [1.29, 1.82) is 10.8 Å². The van der Waals surface area contributed by atoms with Crippen LogP contribution in [0.4, 0.5) is 0 Å². The molecule has 0 aliphatic rings. The molecule has 0 atom stereocenters. The second kappa shape index (κ2) is 8.11. The highest BCUT2D eigenvalue weighted by Crippen LogP contribution is 2.12. The van der Waals surface area contributed by atoms with Gasteiger partial charge in [-0.15, -0.1) is 0 Å². The standard InChI is InChI=1S/C13H20N4O/c1-2-9-18-12-5-3-11(4-6-12)13(15)17-8-7-16-10-14/h3-6,10H,2,7-9H2,1H3,(H2,14,16)(H2,15,17). The number of rotatable bonds is 8. The summed E-state index contributed by atoms with van der Waals surface area (Å²) < 4.78 is 5.48. The largest absolute Gasteiger partial charge is 0.494 e. The molecule has 0 fully saturated rings. The summed E-state index contributed by atoms with van der Waals surface area (Å²) in [4.78, 5) is 0. The van der Waals surface area contributed by atoms with Gasteiger partial charge >= 0.3 is 0 Å². The van der Waals surface area contributed by atoms with Gasteiger partial charge in [-0.25, -0.2) is 0 Å². The minimum Gasteiger partial charge on any atom is -0.494 e. The molecule has 0 spiro atoms. The van der Waals surface area contributed by atoms with Crippen molar-refractivity contribution in [3.8, 4) is 5.75 Å². The molecule has 0 bridgehead atoms. The molecule has 0 aliphatic carbocycles. The van der Waals surface area contributed by atoms with E-state index in [2.05, 4.69) is 17.6 Å². The number of hydrogen-bond donors (Lipinski definition) is 4. The third-order valence-electron chi connectivity index (χ3n) is 2.29. The predicted molar refractivity (Wildman–Crippen MR) is 73.8 cm³/mol. The molecule has 1 rings (SSSR count). The van der Waals surface area contributed by atoms with E-state index in [-0.39, 0.29) is 0 Å². The van der Waals surface area contributed by atoms with Crippen LogP contribution in [0.2, 0.25) is 0 Å². The van der Waals surface area contributed by atoms with E-state index in [0.717, 1.165) is 24.1 Å². The van der Waals surface area contributed by atoms with E-state index in [9.17, 15) is 0 Å². The molecule has 0 heterocycles. The molecular weight excluding hydrogens is 228 g/mol. The summed E-state index contributed by atoms with van der Waals surface area (Å²) in [6.45, 7) is 4.02. The Morgan fingerprint density at radius 2 is 2.00 bits per heavy atom. The first-order valence-corrected chi connectivity index (χ1v) is 6.06. The van der Waals surface area contributed by atoms with Crippen molar-refractivity contribution >= 4 is 12.2 Å². The lowest BCUT2D eigenvalue weighted by atomic mass is 10.2. The Morgan fingerprint density at radius 3 is 2.61 bits per heavy atom. The van der Waals surface area contributed by atoms with Crippen LogP contribution in [-0.4, -0.2) is 31.9 Å². The molecule has 0 aromatic heterocycles. The Bertz CT molecular complexity index is 375. The van der Waals surface area contributed by atoms with Crippen LogP contribution < -0.4 is 15.4 Å². The van der Waals surface area contributed by atoms with Gasteiger partial charge in [0.1, 0.15) is 11.6 Å². The maximum absolute atomic E-state index is 7.84. The highest BCUT2D eigenvalue weighted by Gasteiger charge is 2.00. The topological polar surface area (TPSA) is 81.0 Å². The molecule has 0 saturated heterocycles. The molecule has 0 aliphatic heterocycles. The third-order valence-corrected chi connectivity index (χ3v) is 2.29. The lowest BCUT2D eigenvalue weighted by molar-refractivity contribution is 0.317. The van der Waals surface area contributed by atoms with Gasteiger partial charge < -0.3 is 15.4 Å². The van der Waals surface area contributed by atoms with Crippen molar-refractivity contribution in [2.24, 2.45) is 0 Å². The second-order valence-corrected chi connectivity index (χ2v) is 3.77. The Morgan fingerprint density at radius 1 is 1.28 bits per heavy atom. The van der Waals surface area contributed by atoms with Crippen molar-refractivity contribution in [3.05, 3.63) is 29.8 Å². The molecule has 4 N–H and O–H groups in total. The molecule has 0 unspecified atom stereocenters. The highest BCUT2D eigenvalue weighted by atomic mass is 16.5. The SMILES string of the molecule is CCCOc1ccc(C(=N)NCCNC=N)cc1. The normalized spacial score (nSPS) is 9.61. The molecule has 0 radical (unpaired) electrons. The van der Waals surface area contributed by atoms with Gasteiger partial charge in [0.25, 0.3) is 0 Å². The summed E-state index contributed by atoms with van der Waals surface area (Å²) in [5.41, 5.74) is 0.828. The van der Waals surface area contributed by atoms with Gasteiger partial charge in [0.05, 0.1) is 12.9 Å². The molecule has 18 heavy (non-hydrogen) atoms. The fourth-order valence-electron chi connectivity index (χ4n) is 1.37. The summed E-state index contributed by atoms with van der Waals surface area (Å²) in [6.07, 6.45) is 2.13. The van der Waals surface area contributed by atoms with E-state index in [4.69, 9.17) is 15.6 Å². The predicted octanol–water partition coefficient (Wildman–Crippen LogP) is 1.59. The Hall–Kier alpha value is -2.04. The maximum Gasteiger partial charge on any atom is 0.125 e. The van der Waals surface area contributed by atoms with Crippen molar-refractivity contribution in [2.75, 3.05) is 19.7 Å². The lowest BCUT2D eigenvalue weighted by Crippen LogP contribution is -2.31. The van der Waals surface area contributed by atoms with Crippen molar-refractivity contribution < 1.29 is 4.74 Å². The number of hydrogen-bond acceptors (Lipinski definition) is 3. The van der Waals surface area contributed by atoms with E-state index in [1.54, 1.807) is 0 Å². The van der Waals surface area contributed by atoms with Gasteiger partial charge in [-0.2, -0.15) is 0 Å². The van der Waals surface area contributed by atoms with Crippen LogP contribution in [0.25, 0.3) is 0 Å². The fraction of sp³-hybridized carbons (Fsp3) is 0.385. The Balaban J connectivity index is 2.41. The van der Waals surface area contributed by atoms with E-state index >= 15 is 0 Å². The average molecular weight is 248 g/mol. The van der Waals surface area contributed by atoms with Crippen molar-refractivity contribution in [2.45, 2.75) is 13.3 Å². The van der Waals surface area contributed by atoms with Crippen LogP contribution in [0.15, 0.2) is 24.3 Å². The van der Waals surface area contributed by atoms with Crippen LogP contribution in [0.1, 0.15) is 18.9 Å². The summed E-state index contributed by atoms with van der Waals surface area (Å²) in [7, 11) is 0. The molecule has 1 aromatic carbocycles. The zero-order chi connectivity index (χ0) is 13.2. The summed E-state index contributed by atoms with van der Waals surface area (Å²) >= 11 is 0. The van der Waals surface area contributed by atoms with E-state index in [1.807, 2.05) is 24.3 Å². The number of benzene rings is 1. The van der Waals surface area contributed by atoms with Gasteiger partial charge in [0.15, 0.2) is 0 Å². The van der Waals surface area contributed by atoms with Gasteiger partial charge in [0, 0.05) is 18.7 Å². The summed E-state index contributed by atoms with van der Waals surface area (Å²) in [5.74, 6) is 1.21. The fourth-order valence-corrected chi connectivity index (χ4v) is 1.37. The average Bonchev–Trinajstić information content (AvgIpc) is 2.41. The molecule has 98 valence electrons. The summed E-state index contributed by atoms with van der Waals surface area (Å²) in [5, 5.41) is 20.4. The first kappa shape index (κ1) is 14.0. The quantitative estimate of drug-likeness (QED) is 0.320. The lowest BCUT2D eigenvalue weighted by Gasteiger charge is -2.09. The molecule has 5 nitrogen and oxygen atoms in total. The zero-order valence-electron chi connectivity index (χ0n) is 10.6. The Labute approximate surface area is 108 Å². The molecule has 0 saturated carbocycles. The van der Waals surface area contributed by atoms with Crippen LogP contribution in [-0.2, 0) is 0 Å². The van der Waals surface area contributed by atoms with Crippen LogP contribution in [0.5, 0.6) is 5.75 Å². The molecule has 0 amide bonds. The first-order chi connectivity index (χ1) is 8.77. The minimum absolute atomic E-state index is 0.379. The van der Waals surface area contributed by atoms with Gasteiger partial charge in [-0.3, -0.25) is 10.8 Å². The smallest absolute Gasteiger partial charge is 0.125 e. The van der Waals surface area contributed by atoms with Crippen molar-refractivity contribution in [1.82, 2.24) is 10.6 Å². The minimum atomic E-state index is 0.379. The monoisotopic (exact) mass is 248 g/mol. The van der Waals surface area contributed by atoms with Crippen LogP contribution in [0, 0.1) is 10.8 Å². The molecule has 1 aromatic rings. The van der Waals surface area contributed by atoms with Gasteiger partial charge in [-0.05, 0) is 30.7 Å². The number of ether oxygens (including phenoxy) is 1. The van der Waals surface area contributed by atoms with Crippen LogP contribution in [0.3, 0.4) is 0 Å². The van der Waals surface area contributed by atoms with Crippen LogP contribution >= 0.6 is 0 Å². The molecule has 5 heteroatoms. The third kappa shape index (κ3) is 4.86. The first-order valence-electron chi connectivity index (χ1n) is 6.06. The Kier molecular flexibility index (Phi) is 6.32. The van der Waals surface area contributed by atoms with E-state index in [0.29, 0.717) is 25.5 Å². The van der Waals surface area contributed by atoms with Gasteiger partial charge in [-0.1, -0.05) is 6.92 Å². The van der Waals surface area contributed by atoms with Crippen molar-refractivity contribution in [3.63, 3.8) is 0 Å². The maximum atomic E-state index is 7.84. The number of nitrogens with one attached hydrogen (secondary N) is 4. The van der Waals surface area contributed by atoms with E-state index < -0.39 is 0 Å². The van der Waals surface area contributed by atoms with Gasteiger partial charge in [0.2, 0.25) is 0 Å². The number of amidine groups is 1.